The molecule has 0 aromatic carbocycles. The molecule has 4 heterocycles. The Balaban J connectivity index is 1.26. The molecule has 0 unspecified atom stereocenters. The molecule has 0 aliphatic carbocycles. The first kappa shape index (κ1) is 18.5. The molecule has 148 valence electrons. The Kier molecular flexibility index (Phi) is 6.09. The number of carbonyl (C=O) groups is 1. The Morgan fingerprint density at radius 1 is 1.19 bits per heavy atom. The summed E-state index contributed by atoms with van der Waals surface area (Å²) in [6, 6.07) is 3.78. The number of nitrogens with zero attached hydrogens (tertiary/aromatic N) is 3. The van der Waals surface area contributed by atoms with Crippen molar-refractivity contribution in [2.24, 2.45) is 0 Å². The summed E-state index contributed by atoms with van der Waals surface area (Å²) in [4.78, 5) is 21.3. The van der Waals surface area contributed by atoms with Crippen LogP contribution in [0.25, 0.3) is 0 Å². The zero-order chi connectivity index (χ0) is 18.5. The summed E-state index contributed by atoms with van der Waals surface area (Å²) in [5, 5.41) is 3.07. The largest absolute Gasteiger partial charge is 0.376 e. The van der Waals surface area contributed by atoms with E-state index in [1.165, 1.54) is 12.8 Å². The van der Waals surface area contributed by atoms with Crippen LogP contribution in [0, 0.1) is 0 Å². The van der Waals surface area contributed by atoms with Gasteiger partial charge in [-0.25, -0.2) is 9.78 Å². The average molecular weight is 374 g/mol. The summed E-state index contributed by atoms with van der Waals surface area (Å²) in [7, 11) is 0. The van der Waals surface area contributed by atoms with Gasteiger partial charge in [-0.15, -0.1) is 0 Å². The Labute approximate surface area is 161 Å². The van der Waals surface area contributed by atoms with Crippen LogP contribution < -0.4 is 10.2 Å². The molecular weight excluding hydrogens is 344 g/mol. The number of urea groups is 1. The third kappa shape index (κ3) is 4.71. The molecule has 0 spiro atoms. The molecule has 3 fully saturated rings. The molecule has 3 aliphatic rings. The van der Waals surface area contributed by atoms with E-state index < -0.39 is 0 Å². The lowest BCUT2D eigenvalue weighted by Crippen LogP contribution is -2.43. The Bertz CT molecular complexity index is 621. The summed E-state index contributed by atoms with van der Waals surface area (Å²) in [5.41, 5.74) is 0.807. The molecule has 7 nitrogen and oxygen atoms in total. The van der Waals surface area contributed by atoms with Gasteiger partial charge in [-0.3, -0.25) is 0 Å². The van der Waals surface area contributed by atoms with E-state index in [9.17, 15) is 4.79 Å². The number of ether oxygens (including phenoxy) is 2. The smallest absolute Gasteiger partial charge is 0.321 e. The highest BCUT2D eigenvalue weighted by molar-refractivity contribution is 5.92. The van der Waals surface area contributed by atoms with Crippen LogP contribution >= 0.6 is 0 Å². The molecule has 1 aromatic rings. The topological polar surface area (TPSA) is 66.9 Å². The highest BCUT2D eigenvalue weighted by Crippen LogP contribution is 2.27. The lowest BCUT2D eigenvalue weighted by Gasteiger charge is -2.32. The maximum absolute atomic E-state index is 12.7. The number of nitrogens with one attached hydrogen (secondary N) is 1. The zero-order valence-corrected chi connectivity index (χ0v) is 15.9. The molecule has 3 aliphatic heterocycles. The number of anilines is 2. The van der Waals surface area contributed by atoms with Crippen molar-refractivity contribution in [1.29, 1.82) is 0 Å². The van der Waals surface area contributed by atoms with E-state index in [-0.39, 0.29) is 18.2 Å². The first-order valence-electron chi connectivity index (χ1n) is 10.3. The van der Waals surface area contributed by atoms with Gasteiger partial charge < -0.3 is 24.6 Å². The van der Waals surface area contributed by atoms with Gasteiger partial charge in [-0.2, -0.15) is 0 Å². The van der Waals surface area contributed by atoms with Crippen molar-refractivity contribution in [2.45, 2.75) is 50.7 Å². The van der Waals surface area contributed by atoms with Crippen LogP contribution in [0.2, 0.25) is 0 Å². The number of hydrogen-bond acceptors (Lipinski definition) is 5. The van der Waals surface area contributed by atoms with Crippen molar-refractivity contribution >= 4 is 17.5 Å². The number of amides is 2. The molecule has 0 saturated carbocycles. The van der Waals surface area contributed by atoms with E-state index in [1.54, 1.807) is 6.20 Å². The van der Waals surface area contributed by atoms with Crippen LogP contribution in [-0.4, -0.2) is 67.5 Å². The Hall–Kier alpha value is -1.86. The summed E-state index contributed by atoms with van der Waals surface area (Å²) in [5.74, 6) is 0.887. The van der Waals surface area contributed by atoms with Gasteiger partial charge in [0.1, 0.15) is 0 Å². The number of pyridine rings is 1. The van der Waals surface area contributed by atoms with Crippen molar-refractivity contribution < 1.29 is 14.3 Å². The van der Waals surface area contributed by atoms with Crippen molar-refractivity contribution in [3.8, 4) is 0 Å². The number of piperidine rings is 1. The molecule has 1 N–H and O–H groups in total. The third-order valence-corrected chi connectivity index (χ3v) is 5.70. The minimum absolute atomic E-state index is 0.0407. The quantitative estimate of drug-likeness (QED) is 0.858. The summed E-state index contributed by atoms with van der Waals surface area (Å²) < 4.78 is 11.6. The minimum atomic E-state index is -0.0407. The monoisotopic (exact) mass is 374 g/mol. The van der Waals surface area contributed by atoms with Crippen LogP contribution in [0.3, 0.4) is 0 Å². The summed E-state index contributed by atoms with van der Waals surface area (Å²) in [6.45, 7) is 5.01. The second-order valence-electron chi connectivity index (χ2n) is 7.65. The Morgan fingerprint density at radius 2 is 2.00 bits per heavy atom. The van der Waals surface area contributed by atoms with Crippen molar-refractivity contribution in [3.63, 3.8) is 0 Å². The van der Waals surface area contributed by atoms with Gasteiger partial charge in [-0.1, -0.05) is 0 Å². The SMILES string of the molecule is O=C(Nc1cccnc1N1CCCC1)N1CCC(OC[C@H]2CCCO2)CC1. The predicted molar refractivity (Wildman–Crippen MR) is 104 cm³/mol. The maximum atomic E-state index is 12.7. The van der Waals surface area contributed by atoms with Crippen LogP contribution in [0.4, 0.5) is 16.3 Å². The fourth-order valence-electron chi connectivity index (χ4n) is 4.11. The van der Waals surface area contributed by atoms with Crippen LogP contribution in [0.1, 0.15) is 38.5 Å². The number of carbonyl (C=O) groups excluding carboxylic acids is 1. The first-order chi connectivity index (χ1) is 13.3. The van der Waals surface area contributed by atoms with E-state index in [0.717, 1.165) is 70.0 Å². The van der Waals surface area contributed by atoms with Gasteiger partial charge in [0.2, 0.25) is 0 Å². The second kappa shape index (κ2) is 8.89. The Morgan fingerprint density at radius 3 is 2.74 bits per heavy atom. The lowest BCUT2D eigenvalue weighted by molar-refractivity contribution is -0.0377. The summed E-state index contributed by atoms with van der Waals surface area (Å²) in [6.07, 6.45) is 8.66. The molecule has 3 saturated heterocycles. The zero-order valence-electron chi connectivity index (χ0n) is 15.9. The molecule has 1 aromatic heterocycles. The van der Waals surface area contributed by atoms with E-state index >= 15 is 0 Å². The van der Waals surface area contributed by atoms with E-state index in [2.05, 4.69) is 15.2 Å². The number of rotatable bonds is 5. The molecule has 27 heavy (non-hydrogen) atoms. The molecule has 2 amide bonds. The van der Waals surface area contributed by atoms with Crippen molar-refractivity contribution in [1.82, 2.24) is 9.88 Å². The second-order valence-corrected chi connectivity index (χ2v) is 7.65. The van der Waals surface area contributed by atoms with Crippen molar-refractivity contribution in [3.05, 3.63) is 18.3 Å². The fraction of sp³-hybridized carbons (Fsp3) is 0.700. The van der Waals surface area contributed by atoms with Crippen LogP contribution in [0.15, 0.2) is 18.3 Å². The minimum Gasteiger partial charge on any atom is -0.376 e. The lowest BCUT2D eigenvalue weighted by atomic mass is 10.1. The highest BCUT2D eigenvalue weighted by Gasteiger charge is 2.26. The van der Waals surface area contributed by atoms with Gasteiger partial charge in [0.25, 0.3) is 0 Å². The molecule has 4 rings (SSSR count). The summed E-state index contributed by atoms with van der Waals surface area (Å²) >= 11 is 0. The maximum Gasteiger partial charge on any atom is 0.321 e. The third-order valence-electron chi connectivity index (χ3n) is 5.70. The molecule has 0 radical (unpaired) electrons. The fourth-order valence-corrected chi connectivity index (χ4v) is 4.11. The highest BCUT2D eigenvalue weighted by atomic mass is 16.5. The van der Waals surface area contributed by atoms with E-state index in [0.29, 0.717) is 6.61 Å². The molecule has 0 bridgehead atoms. The predicted octanol–water partition coefficient (Wildman–Crippen LogP) is 2.87. The first-order valence-corrected chi connectivity index (χ1v) is 10.3. The van der Waals surface area contributed by atoms with Gasteiger partial charge in [0.15, 0.2) is 5.82 Å². The van der Waals surface area contributed by atoms with E-state index in [4.69, 9.17) is 9.47 Å². The van der Waals surface area contributed by atoms with Crippen LogP contribution in [0.5, 0.6) is 0 Å². The van der Waals surface area contributed by atoms with Gasteiger partial charge >= 0.3 is 6.03 Å². The van der Waals surface area contributed by atoms with E-state index in [1.807, 2.05) is 17.0 Å². The number of aromatic nitrogens is 1. The normalized spacial score (nSPS) is 23.8. The molecule has 7 heteroatoms. The van der Waals surface area contributed by atoms with Gasteiger partial charge in [0.05, 0.1) is 24.5 Å². The van der Waals surface area contributed by atoms with Gasteiger partial charge in [-0.05, 0) is 50.7 Å². The molecular formula is C20H30N4O3. The van der Waals surface area contributed by atoms with Crippen LogP contribution in [-0.2, 0) is 9.47 Å². The number of hydrogen-bond donors (Lipinski definition) is 1. The standard InChI is InChI=1S/C20H30N4O3/c25-20(22-18-6-3-9-21-19(18)23-10-1-2-11-23)24-12-7-16(8-13-24)27-15-17-5-4-14-26-17/h3,6,9,16-17H,1-2,4-5,7-8,10-15H2,(H,22,25)/t17-/m1/s1. The van der Waals surface area contributed by atoms with Gasteiger partial charge in [0, 0.05) is 39.0 Å². The average Bonchev–Trinajstić information content (AvgIpc) is 3.41. The van der Waals surface area contributed by atoms with Crippen molar-refractivity contribution in [2.75, 3.05) is 49.6 Å². The number of likely N-dealkylation sites (tertiary alicyclic amines) is 1. The molecule has 1 atom stereocenters.